The number of rotatable bonds is 7. The highest BCUT2D eigenvalue weighted by Gasteiger charge is 2.13. The molecular weight excluding hydrogens is 254 g/mol. The summed E-state index contributed by atoms with van der Waals surface area (Å²) in [6, 6.07) is 4.97. The molecule has 6 heteroatoms. The molecule has 0 saturated heterocycles. The fourth-order valence-electron chi connectivity index (χ4n) is 1.45. The van der Waals surface area contributed by atoms with E-state index in [-0.39, 0.29) is 5.75 Å². The Morgan fingerprint density at radius 3 is 2.50 bits per heavy atom. The second kappa shape index (κ2) is 6.49. The van der Waals surface area contributed by atoms with Gasteiger partial charge in [0, 0.05) is 6.07 Å². The van der Waals surface area contributed by atoms with Gasteiger partial charge in [0.25, 0.3) is 0 Å². The van der Waals surface area contributed by atoms with Crippen molar-refractivity contribution in [3.05, 3.63) is 18.2 Å². The molecule has 0 saturated carbocycles. The average molecular weight is 273 g/mol. The lowest BCUT2D eigenvalue weighted by Crippen LogP contribution is -2.17. The molecule has 0 unspecified atom stereocenters. The summed E-state index contributed by atoms with van der Waals surface area (Å²) in [4.78, 5) is 0. The van der Waals surface area contributed by atoms with E-state index in [1.165, 1.54) is 14.2 Å². The summed E-state index contributed by atoms with van der Waals surface area (Å²) in [6.07, 6.45) is 1.46. The summed E-state index contributed by atoms with van der Waals surface area (Å²) in [7, 11) is -0.323. The highest BCUT2D eigenvalue weighted by Crippen LogP contribution is 2.29. The van der Waals surface area contributed by atoms with Gasteiger partial charge in [-0.25, -0.2) is 8.42 Å². The van der Waals surface area contributed by atoms with Crippen molar-refractivity contribution in [1.29, 1.82) is 0 Å². The number of methoxy groups -OCH3 is 2. The van der Waals surface area contributed by atoms with E-state index < -0.39 is 10.0 Å². The minimum Gasteiger partial charge on any atom is -0.497 e. The van der Waals surface area contributed by atoms with Crippen LogP contribution in [0, 0.1) is 0 Å². The van der Waals surface area contributed by atoms with Crippen molar-refractivity contribution < 1.29 is 17.9 Å². The van der Waals surface area contributed by atoms with Gasteiger partial charge in [-0.05, 0) is 18.6 Å². The molecule has 1 N–H and O–H groups in total. The molecular formula is C12H19NO4S. The molecule has 102 valence electrons. The number of unbranched alkanes of at least 4 members (excludes halogenated alkanes) is 1. The van der Waals surface area contributed by atoms with E-state index in [1.807, 2.05) is 6.92 Å². The zero-order valence-electron chi connectivity index (χ0n) is 10.9. The van der Waals surface area contributed by atoms with Crippen LogP contribution in [0.4, 0.5) is 5.69 Å². The van der Waals surface area contributed by atoms with Gasteiger partial charge in [-0.3, -0.25) is 4.72 Å². The fourth-order valence-corrected chi connectivity index (χ4v) is 2.71. The Morgan fingerprint density at radius 2 is 1.94 bits per heavy atom. The van der Waals surface area contributed by atoms with Gasteiger partial charge in [0.15, 0.2) is 0 Å². The molecule has 18 heavy (non-hydrogen) atoms. The van der Waals surface area contributed by atoms with Gasteiger partial charge in [0.05, 0.1) is 25.7 Å². The molecule has 0 spiro atoms. The van der Waals surface area contributed by atoms with Crippen molar-refractivity contribution in [3.63, 3.8) is 0 Å². The first-order valence-electron chi connectivity index (χ1n) is 5.75. The number of anilines is 1. The largest absolute Gasteiger partial charge is 0.497 e. The third-order valence-corrected chi connectivity index (χ3v) is 3.80. The molecule has 0 aliphatic heterocycles. The third-order valence-electron chi connectivity index (χ3n) is 2.44. The number of sulfonamides is 1. The second-order valence-electron chi connectivity index (χ2n) is 3.84. The summed E-state index contributed by atoms with van der Waals surface area (Å²) in [5.41, 5.74) is 0.396. The van der Waals surface area contributed by atoms with Crippen LogP contribution in [0.3, 0.4) is 0 Å². The SMILES string of the molecule is CCCCS(=O)(=O)Nc1cc(OC)ccc1OC. The van der Waals surface area contributed by atoms with Gasteiger partial charge in [0.2, 0.25) is 10.0 Å². The highest BCUT2D eigenvalue weighted by atomic mass is 32.2. The summed E-state index contributed by atoms with van der Waals surface area (Å²) < 4.78 is 36.3. The molecule has 0 atom stereocenters. The second-order valence-corrected chi connectivity index (χ2v) is 5.68. The summed E-state index contributed by atoms with van der Waals surface area (Å²) in [6.45, 7) is 1.95. The predicted molar refractivity (Wildman–Crippen MR) is 71.9 cm³/mol. The van der Waals surface area contributed by atoms with Crippen molar-refractivity contribution >= 4 is 15.7 Å². The number of nitrogens with one attached hydrogen (secondary N) is 1. The topological polar surface area (TPSA) is 64.6 Å². The van der Waals surface area contributed by atoms with Crippen LogP contribution in [-0.4, -0.2) is 28.4 Å². The standard InChI is InChI=1S/C12H19NO4S/c1-4-5-8-18(14,15)13-11-9-10(16-2)6-7-12(11)17-3/h6-7,9,13H,4-5,8H2,1-3H3. The van der Waals surface area contributed by atoms with E-state index >= 15 is 0 Å². The molecule has 0 heterocycles. The first kappa shape index (κ1) is 14.6. The van der Waals surface area contributed by atoms with E-state index in [2.05, 4.69) is 4.72 Å². The molecule has 0 aromatic heterocycles. The summed E-state index contributed by atoms with van der Waals surface area (Å²) >= 11 is 0. The van der Waals surface area contributed by atoms with E-state index in [4.69, 9.17) is 9.47 Å². The molecule has 0 fully saturated rings. The van der Waals surface area contributed by atoms with Crippen molar-refractivity contribution in [3.8, 4) is 11.5 Å². The van der Waals surface area contributed by atoms with Crippen molar-refractivity contribution in [1.82, 2.24) is 0 Å². The Bertz CT molecular complexity index is 485. The molecule has 5 nitrogen and oxygen atoms in total. The highest BCUT2D eigenvalue weighted by molar-refractivity contribution is 7.92. The molecule has 0 radical (unpaired) electrons. The third kappa shape index (κ3) is 4.10. The smallest absolute Gasteiger partial charge is 0.232 e. The predicted octanol–water partition coefficient (Wildman–Crippen LogP) is 2.25. The lowest BCUT2D eigenvalue weighted by molar-refractivity contribution is 0.405. The van der Waals surface area contributed by atoms with E-state index in [9.17, 15) is 8.42 Å². The van der Waals surface area contributed by atoms with Gasteiger partial charge in [-0.2, -0.15) is 0 Å². The van der Waals surface area contributed by atoms with Gasteiger partial charge in [0.1, 0.15) is 11.5 Å². The number of hydrogen-bond donors (Lipinski definition) is 1. The van der Waals surface area contributed by atoms with Gasteiger partial charge >= 0.3 is 0 Å². The normalized spacial score (nSPS) is 11.1. The Balaban J connectivity index is 2.94. The molecule has 0 aliphatic rings. The van der Waals surface area contributed by atoms with Crippen molar-refractivity contribution in [2.24, 2.45) is 0 Å². The maximum Gasteiger partial charge on any atom is 0.232 e. The molecule has 0 amide bonds. The van der Waals surface area contributed by atoms with Crippen LogP contribution < -0.4 is 14.2 Å². The lowest BCUT2D eigenvalue weighted by Gasteiger charge is -2.12. The fraction of sp³-hybridized carbons (Fsp3) is 0.500. The molecule has 1 rings (SSSR count). The van der Waals surface area contributed by atoms with Crippen LogP contribution in [0.15, 0.2) is 18.2 Å². The monoisotopic (exact) mass is 273 g/mol. The van der Waals surface area contributed by atoms with Crippen LogP contribution in [0.1, 0.15) is 19.8 Å². The first-order chi connectivity index (χ1) is 8.52. The Morgan fingerprint density at radius 1 is 1.22 bits per heavy atom. The molecule has 1 aromatic rings. The van der Waals surface area contributed by atoms with Crippen LogP contribution in [0.25, 0.3) is 0 Å². The Kier molecular flexibility index (Phi) is 5.27. The minimum absolute atomic E-state index is 0.101. The zero-order chi connectivity index (χ0) is 13.6. The van der Waals surface area contributed by atoms with Crippen LogP contribution in [0.2, 0.25) is 0 Å². The zero-order valence-corrected chi connectivity index (χ0v) is 11.7. The van der Waals surface area contributed by atoms with E-state index in [0.29, 0.717) is 23.6 Å². The Labute approximate surface area is 108 Å². The molecule has 0 aliphatic carbocycles. The Hall–Kier alpha value is -1.43. The number of benzene rings is 1. The van der Waals surface area contributed by atoms with Crippen molar-refractivity contribution in [2.75, 3.05) is 24.7 Å². The van der Waals surface area contributed by atoms with Crippen molar-refractivity contribution in [2.45, 2.75) is 19.8 Å². The maximum absolute atomic E-state index is 11.8. The van der Waals surface area contributed by atoms with Gasteiger partial charge < -0.3 is 9.47 Å². The first-order valence-corrected chi connectivity index (χ1v) is 7.40. The average Bonchev–Trinajstić information content (AvgIpc) is 2.36. The van der Waals surface area contributed by atoms with Gasteiger partial charge in [-0.1, -0.05) is 13.3 Å². The van der Waals surface area contributed by atoms with Gasteiger partial charge in [-0.15, -0.1) is 0 Å². The summed E-state index contributed by atoms with van der Waals surface area (Å²) in [5.74, 6) is 1.14. The minimum atomic E-state index is -3.34. The van der Waals surface area contributed by atoms with Crippen LogP contribution in [0.5, 0.6) is 11.5 Å². The quantitative estimate of drug-likeness (QED) is 0.827. The molecule has 1 aromatic carbocycles. The maximum atomic E-state index is 11.8. The van der Waals surface area contributed by atoms with E-state index in [0.717, 1.165) is 6.42 Å². The number of ether oxygens (including phenoxy) is 2. The number of hydrogen-bond acceptors (Lipinski definition) is 4. The summed E-state index contributed by atoms with van der Waals surface area (Å²) in [5, 5.41) is 0. The lowest BCUT2D eigenvalue weighted by atomic mass is 10.3. The van der Waals surface area contributed by atoms with Crippen LogP contribution >= 0.6 is 0 Å². The van der Waals surface area contributed by atoms with Crippen LogP contribution in [-0.2, 0) is 10.0 Å². The van der Waals surface area contributed by atoms with E-state index in [1.54, 1.807) is 18.2 Å². The molecule has 0 bridgehead atoms.